The zero-order valence-corrected chi connectivity index (χ0v) is 18.3. The summed E-state index contributed by atoms with van der Waals surface area (Å²) >= 11 is 20.5. The summed E-state index contributed by atoms with van der Waals surface area (Å²) in [5.74, 6) is 0.566. The molecule has 0 saturated heterocycles. The van der Waals surface area contributed by atoms with Crippen molar-refractivity contribution in [2.24, 2.45) is 4.99 Å². The highest BCUT2D eigenvalue weighted by molar-refractivity contribution is 14.1. The molecular weight excluding hydrogens is 535 g/mol. The molecule has 1 aliphatic rings. The molecule has 0 fully saturated rings. The molecule has 0 saturated carbocycles. The number of carbonyl (C=O) groups is 1. The molecule has 0 atom stereocenters. The number of rotatable bonds is 3. The molecule has 2 heterocycles. The average Bonchev–Trinajstić information content (AvgIpc) is 3.24. The summed E-state index contributed by atoms with van der Waals surface area (Å²) in [4.78, 5) is 16.5. The van der Waals surface area contributed by atoms with Crippen molar-refractivity contribution in [3.05, 3.63) is 84.2 Å². The Kier molecular flexibility index (Phi) is 5.51. The second-order valence-corrected chi connectivity index (χ2v) is 8.28. The van der Waals surface area contributed by atoms with E-state index in [0.29, 0.717) is 37.7 Å². The van der Waals surface area contributed by atoms with Crippen molar-refractivity contribution in [3.63, 3.8) is 0 Å². The SMILES string of the molecule is O=C1OC(c2cc(I)ccc2Cl)=N/C1=C\c1ccc(-c2ccc(Cl)cc2Cl)o1. The lowest BCUT2D eigenvalue weighted by molar-refractivity contribution is -0.129. The average molecular weight is 545 g/mol. The van der Waals surface area contributed by atoms with Crippen LogP contribution in [0.4, 0.5) is 0 Å². The van der Waals surface area contributed by atoms with Crippen molar-refractivity contribution < 1.29 is 13.9 Å². The van der Waals surface area contributed by atoms with E-state index >= 15 is 0 Å². The number of furan rings is 1. The van der Waals surface area contributed by atoms with Crippen molar-refractivity contribution in [3.8, 4) is 11.3 Å². The summed E-state index contributed by atoms with van der Waals surface area (Å²) in [5, 5.41) is 1.45. The minimum Gasteiger partial charge on any atom is -0.457 e. The van der Waals surface area contributed by atoms with Crippen LogP contribution in [0, 0.1) is 3.57 Å². The molecule has 0 radical (unpaired) electrons. The minimum absolute atomic E-state index is 0.119. The van der Waals surface area contributed by atoms with Gasteiger partial charge in [-0.1, -0.05) is 34.8 Å². The Morgan fingerprint density at radius 3 is 2.54 bits per heavy atom. The molecule has 0 unspecified atom stereocenters. The molecule has 140 valence electrons. The first-order valence-corrected chi connectivity index (χ1v) is 10.2. The van der Waals surface area contributed by atoms with E-state index in [1.54, 1.807) is 42.5 Å². The van der Waals surface area contributed by atoms with Crippen LogP contribution in [0.1, 0.15) is 11.3 Å². The Morgan fingerprint density at radius 1 is 0.929 bits per heavy atom. The quantitative estimate of drug-likeness (QED) is 0.206. The lowest BCUT2D eigenvalue weighted by Crippen LogP contribution is -2.06. The molecule has 2 aromatic carbocycles. The molecule has 0 N–H and O–H groups in total. The number of esters is 1. The molecule has 4 rings (SSSR count). The smallest absolute Gasteiger partial charge is 0.363 e. The van der Waals surface area contributed by atoms with Gasteiger partial charge in [-0.25, -0.2) is 9.79 Å². The summed E-state index contributed by atoms with van der Waals surface area (Å²) in [6.07, 6.45) is 1.50. The van der Waals surface area contributed by atoms with Crippen molar-refractivity contribution >= 4 is 75.3 Å². The van der Waals surface area contributed by atoms with Crippen molar-refractivity contribution in [1.29, 1.82) is 0 Å². The van der Waals surface area contributed by atoms with Gasteiger partial charge in [0.25, 0.3) is 0 Å². The maximum absolute atomic E-state index is 12.2. The van der Waals surface area contributed by atoms with Gasteiger partial charge in [0.05, 0.1) is 15.6 Å². The Hall–Kier alpha value is -1.80. The number of halogens is 4. The minimum atomic E-state index is -0.576. The van der Waals surface area contributed by atoms with Gasteiger partial charge in [0.1, 0.15) is 11.5 Å². The fourth-order valence-electron chi connectivity index (χ4n) is 2.58. The zero-order chi connectivity index (χ0) is 19.8. The third kappa shape index (κ3) is 3.98. The molecule has 1 aliphatic heterocycles. The Balaban J connectivity index is 1.66. The van der Waals surface area contributed by atoms with Gasteiger partial charge in [-0.3, -0.25) is 0 Å². The van der Waals surface area contributed by atoms with E-state index in [9.17, 15) is 4.79 Å². The predicted octanol–water partition coefficient (Wildman–Crippen LogP) is 6.86. The fourth-order valence-corrected chi connectivity index (χ4v) is 3.78. The van der Waals surface area contributed by atoms with Crippen LogP contribution in [0.25, 0.3) is 17.4 Å². The van der Waals surface area contributed by atoms with Crippen LogP contribution in [0.5, 0.6) is 0 Å². The molecule has 8 heteroatoms. The third-order valence-corrected chi connectivity index (χ3v) is 5.43. The topological polar surface area (TPSA) is 51.8 Å². The molecule has 28 heavy (non-hydrogen) atoms. The lowest BCUT2D eigenvalue weighted by atomic mass is 10.2. The number of carbonyl (C=O) groups excluding carboxylic acids is 1. The van der Waals surface area contributed by atoms with Crippen LogP contribution >= 0.6 is 57.4 Å². The maximum Gasteiger partial charge on any atom is 0.363 e. The van der Waals surface area contributed by atoms with E-state index in [2.05, 4.69) is 27.6 Å². The largest absolute Gasteiger partial charge is 0.457 e. The monoisotopic (exact) mass is 543 g/mol. The lowest BCUT2D eigenvalue weighted by Gasteiger charge is -2.02. The highest BCUT2D eigenvalue weighted by Gasteiger charge is 2.26. The molecule has 0 amide bonds. The van der Waals surface area contributed by atoms with Gasteiger partial charge in [-0.05, 0) is 71.1 Å². The van der Waals surface area contributed by atoms with E-state index in [0.717, 1.165) is 3.57 Å². The van der Waals surface area contributed by atoms with Crippen molar-refractivity contribution in [2.75, 3.05) is 0 Å². The van der Waals surface area contributed by atoms with E-state index in [1.807, 2.05) is 6.07 Å². The summed E-state index contributed by atoms with van der Waals surface area (Å²) < 4.78 is 12.0. The Bertz CT molecular complexity index is 1170. The predicted molar refractivity (Wildman–Crippen MR) is 119 cm³/mol. The number of cyclic esters (lactones) is 1. The normalized spacial score (nSPS) is 15.1. The van der Waals surface area contributed by atoms with E-state index in [1.165, 1.54) is 6.08 Å². The van der Waals surface area contributed by atoms with Gasteiger partial charge in [0.15, 0.2) is 5.70 Å². The first-order valence-electron chi connectivity index (χ1n) is 7.94. The molecule has 0 aliphatic carbocycles. The Labute approximate surface area is 188 Å². The van der Waals surface area contributed by atoms with E-state index in [4.69, 9.17) is 44.0 Å². The van der Waals surface area contributed by atoms with Gasteiger partial charge >= 0.3 is 5.97 Å². The zero-order valence-electron chi connectivity index (χ0n) is 13.9. The summed E-state index contributed by atoms with van der Waals surface area (Å²) in [6, 6.07) is 14.0. The second-order valence-electron chi connectivity index (χ2n) is 5.79. The number of hydrogen-bond acceptors (Lipinski definition) is 4. The number of aliphatic imine (C=N–C) groups is 1. The van der Waals surface area contributed by atoms with Crippen molar-refractivity contribution in [1.82, 2.24) is 0 Å². The first-order chi connectivity index (χ1) is 13.4. The highest BCUT2D eigenvalue weighted by atomic mass is 127. The van der Waals surface area contributed by atoms with Crippen LogP contribution in [-0.2, 0) is 9.53 Å². The molecule has 4 nitrogen and oxygen atoms in total. The van der Waals surface area contributed by atoms with Crippen LogP contribution in [0.3, 0.4) is 0 Å². The number of hydrogen-bond donors (Lipinski definition) is 0. The number of benzene rings is 2. The Morgan fingerprint density at radius 2 is 1.75 bits per heavy atom. The van der Waals surface area contributed by atoms with Gasteiger partial charge in [0.2, 0.25) is 5.90 Å². The summed E-state index contributed by atoms with van der Waals surface area (Å²) in [7, 11) is 0. The second kappa shape index (κ2) is 7.91. The van der Waals surface area contributed by atoms with E-state index < -0.39 is 5.97 Å². The molecule has 0 spiro atoms. The molecule has 1 aromatic heterocycles. The maximum atomic E-state index is 12.2. The van der Waals surface area contributed by atoms with Gasteiger partial charge in [0, 0.05) is 20.2 Å². The van der Waals surface area contributed by atoms with Gasteiger partial charge in [-0.15, -0.1) is 0 Å². The third-order valence-electron chi connectivity index (χ3n) is 3.88. The van der Waals surface area contributed by atoms with E-state index in [-0.39, 0.29) is 11.6 Å². The molecule has 0 bridgehead atoms. The number of nitrogens with zero attached hydrogens (tertiary/aromatic N) is 1. The van der Waals surface area contributed by atoms with Crippen molar-refractivity contribution in [2.45, 2.75) is 0 Å². The van der Waals surface area contributed by atoms with Crippen LogP contribution in [0.15, 0.2) is 63.6 Å². The van der Waals surface area contributed by atoms with Crippen LogP contribution in [0.2, 0.25) is 15.1 Å². The molecule has 3 aromatic rings. The summed E-state index contributed by atoms with van der Waals surface area (Å²) in [6.45, 7) is 0. The van der Waals surface area contributed by atoms with Gasteiger partial charge < -0.3 is 9.15 Å². The fraction of sp³-hybridized carbons (Fsp3) is 0. The van der Waals surface area contributed by atoms with Gasteiger partial charge in [-0.2, -0.15) is 0 Å². The highest BCUT2D eigenvalue weighted by Crippen LogP contribution is 2.32. The van der Waals surface area contributed by atoms with Crippen LogP contribution in [-0.4, -0.2) is 11.9 Å². The number of ether oxygens (including phenoxy) is 1. The molecular formula is C20H9Cl3INO3. The summed E-state index contributed by atoms with van der Waals surface area (Å²) in [5.41, 5.74) is 1.37. The standard InChI is InChI=1S/C20H9Cl3INO3/c21-10-1-4-13(16(23)7-10)18-6-3-12(27-18)9-17-20(26)28-19(25-17)14-8-11(24)2-5-15(14)22/h1-9H/b17-9-. The first kappa shape index (κ1) is 19.5. The van der Waals surface area contributed by atoms with Crippen LogP contribution < -0.4 is 0 Å².